The Bertz CT molecular complexity index is 318. The van der Waals surface area contributed by atoms with Crippen LogP contribution in [0.5, 0.6) is 5.88 Å². The van der Waals surface area contributed by atoms with Gasteiger partial charge >= 0.3 is 0 Å². The maximum absolute atomic E-state index is 5.01. The van der Waals surface area contributed by atoms with E-state index in [0.717, 1.165) is 12.2 Å². The van der Waals surface area contributed by atoms with E-state index in [2.05, 4.69) is 22.0 Å². The van der Waals surface area contributed by atoms with Crippen molar-refractivity contribution in [1.82, 2.24) is 15.1 Å². The molecule has 16 heavy (non-hydrogen) atoms. The second-order valence-electron chi connectivity index (χ2n) is 4.21. The van der Waals surface area contributed by atoms with Crippen molar-refractivity contribution < 1.29 is 4.74 Å². The molecule has 0 unspecified atom stereocenters. The van der Waals surface area contributed by atoms with Gasteiger partial charge < -0.3 is 9.64 Å². The highest BCUT2D eigenvalue weighted by molar-refractivity contribution is 5.15. The predicted molar refractivity (Wildman–Crippen MR) is 62.7 cm³/mol. The van der Waals surface area contributed by atoms with Gasteiger partial charge in [-0.1, -0.05) is 6.92 Å². The van der Waals surface area contributed by atoms with Gasteiger partial charge in [-0.05, 0) is 38.5 Å². The molecule has 0 atom stereocenters. The first kappa shape index (κ1) is 11.3. The summed E-state index contributed by atoms with van der Waals surface area (Å²) in [5, 5.41) is 8.26. The van der Waals surface area contributed by atoms with Crippen LogP contribution in [0.3, 0.4) is 0 Å². The molecule has 4 heteroatoms. The van der Waals surface area contributed by atoms with Gasteiger partial charge in [0.15, 0.2) is 0 Å². The van der Waals surface area contributed by atoms with Gasteiger partial charge in [-0.2, -0.15) is 5.10 Å². The van der Waals surface area contributed by atoms with Gasteiger partial charge in [0.1, 0.15) is 0 Å². The fourth-order valence-corrected chi connectivity index (χ4v) is 2.20. The zero-order chi connectivity index (χ0) is 11.4. The predicted octanol–water partition coefficient (Wildman–Crippen LogP) is 1.68. The number of likely N-dealkylation sites (tertiary alicyclic amines) is 1. The molecule has 0 radical (unpaired) electrons. The van der Waals surface area contributed by atoms with Crippen LogP contribution in [0, 0.1) is 0 Å². The summed E-state index contributed by atoms with van der Waals surface area (Å²) in [6, 6.07) is 3.94. The third-order valence-electron chi connectivity index (χ3n) is 3.32. The van der Waals surface area contributed by atoms with E-state index >= 15 is 0 Å². The molecule has 1 saturated heterocycles. The minimum atomic E-state index is 0.571. The molecule has 0 N–H and O–H groups in total. The summed E-state index contributed by atoms with van der Waals surface area (Å²) < 4.78 is 5.01. The third-order valence-corrected chi connectivity index (χ3v) is 3.32. The lowest BCUT2D eigenvalue weighted by Gasteiger charge is -2.30. The molecule has 2 rings (SSSR count). The summed E-state index contributed by atoms with van der Waals surface area (Å²) in [7, 11) is 1.61. The van der Waals surface area contributed by atoms with E-state index in [9.17, 15) is 0 Å². The number of ether oxygens (including phenoxy) is 1. The maximum Gasteiger partial charge on any atom is 0.233 e. The van der Waals surface area contributed by atoms with E-state index in [1.165, 1.54) is 25.9 Å². The van der Waals surface area contributed by atoms with Crippen LogP contribution >= 0.6 is 0 Å². The van der Waals surface area contributed by atoms with Gasteiger partial charge in [-0.15, -0.1) is 5.10 Å². The molecular formula is C12H19N3O. The Balaban J connectivity index is 1.97. The van der Waals surface area contributed by atoms with Crippen molar-refractivity contribution in [3.8, 4) is 5.88 Å². The molecule has 0 aliphatic carbocycles. The molecule has 2 heterocycles. The lowest BCUT2D eigenvalue weighted by Crippen LogP contribution is -2.32. The fraction of sp³-hybridized carbons (Fsp3) is 0.667. The Morgan fingerprint density at radius 3 is 2.56 bits per heavy atom. The molecular weight excluding hydrogens is 202 g/mol. The van der Waals surface area contributed by atoms with E-state index in [0.29, 0.717) is 11.8 Å². The monoisotopic (exact) mass is 221 g/mol. The average Bonchev–Trinajstić information content (AvgIpc) is 2.39. The van der Waals surface area contributed by atoms with Crippen molar-refractivity contribution in [3.05, 3.63) is 17.8 Å². The van der Waals surface area contributed by atoms with Crippen LogP contribution in [0.2, 0.25) is 0 Å². The van der Waals surface area contributed by atoms with E-state index in [4.69, 9.17) is 4.74 Å². The van der Waals surface area contributed by atoms with Crippen LogP contribution in [0.25, 0.3) is 0 Å². The molecule has 4 nitrogen and oxygen atoms in total. The number of methoxy groups -OCH3 is 1. The maximum atomic E-state index is 5.01. The number of nitrogens with zero attached hydrogens (tertiary/aromatic N) is 3. The second kappa shape index (κ2) is 5.25. The molecule has 0 saturated carbocycles. The van der Waals surface area contributed by atoms with Gasteiger partial charge in [0, 0.05) is 12.0 Å². The van der Waals surface area contributed by atoms with E-state index in [1.807, 2.05) is 12.1 Å². The molecule has 1 aliphatic rings. The molecule has 0 bridgehead atoms. The Labute approximate surface area is 96.6 Å². The van der Waals surface area contributed by atoms with Crippen LogP contribution in [0.15, 0.2) is 12.1 Å². The minimum Gasteiger partial charge on any atom is -0.480 e. The summed E-state index contributed by atoms with van der Waals surface area (Å²) >= 11 is 0. The lowest BCUT2D eigenvalue weighted by molar-refractivity contribution is 0.220. The van der Waals surface area contributed by atoms with E-state index < -0.39 is 0 Å². The van der Waals surface area contributed by atoms with Gasteiger partial charge in [0.25, 0.3) is 0 Å². The largest absolute Gasteiger partial charge is 0.480 e. The standard InChI is InChI=1S/C12H19N3O/c1-3-15-8-6-10(7-9-15)11-4-5-12(16-2)14-13-11/h4-5,10H,3,6-9H2,1-2H3. The molecule has 1 aromatic rings. The van der Waals surface area contributed by atoms with E-state index in [-0.39, 0.29) is 0 Å². The first-order chi connectivity index (χ1) is 7.83. The van der Waals surface area contributed by atoms with Crippen molar-refractivity contribution in [2.24, 2.45) is 0 Å². The van der Waals surface area contributed by atoms with Crippen LogP contribution < -0.4 is 4.74 Å². The Morgan fingerprint density at radius 2 is 2.06 bits per heavy atom. The minimum absolute atomic E-state index is 0.571. The highest BCUT2D eigenvalue weighted by atomic mass is 16.5. The normalized spacial score (nSPS) is 18.6. The quantitative estimate of drug-likeness (QED) is 0.778. The average molecular weight is 221 g/mol. The molecule has 1 aromatic heterocycles. The summed E-state index contributed by atoms with van der Waals surface area (Å²) in [5.41, 5.74) is 1.11. The Hall–Kier alpha value is -1.16. The number of hydrogen-bond acceptors (Lipinski definition) is 4. The van der Waals surface area contributed by atoms with Crippen molar-refractivity contribution in [1.29, 1.82) is 0 Å². The topological polar surface area (TPSA) is 38.2 Å². The number of aromatic nitrogens is 2. The highest BCUT2D eigenvalue weighted by Crippen LogP contribution is 2.26. The smallest absolute Gasteiger partial charge is 0.233 e. The Morgan fingerprint density at radius 1 is 1.31 bits per heavy atom. The van der Waals surface area contributed by atoms with Gasteiger partial charge in [-0.25, -0.2) is 0 Å². The van der Waals surface area contributed by atoms with Crippen molar-refractivity contribution in [2.75, 3.05) is 26.7 Å². The molecule has 0 spiro atoms. The molecule has 0 amide bonds. The summed E-state index contributed by atoms with van der Waals surface area (Å²) in [6.07, 6.45) is 2.38. The number of piperidine rings is 1. The SMILES string of the molecule is CCN1CCC(c2ccc(OC)nn2)CC1. The van der Waals surface area contributed by atoms with Gasteiger partial charge in [0.2, 0.25) is 5.88 Å². The van der Waals surface area contributed by atoms with Crippen LogP contribution in [-0.4, -0.2) is 41.8 Å². The van der Waals surface area contributed by atoms with Gasteiger partial charge in [0.05, 0.1) is 12.8 Å². The number of rotatable bonds is 3. The molecule has 88 valence electrons. The summed E-state index contributed by atoms with van der Waals surface area (Å²) in [4.78, 5) is 2.48. The zero-order valence-corrected chi connectivity index (χ0v) is 10.0. The molecule has 0 aromatic carbocycles. The lowest BCUT2D eigenvalue weighted by atomic mass is 9.93. The molecule has 1 aliphatic heterocycles. The van der Waals surface area contributed by atoms with Crippen LogP contribution in [0.4, 0.5) is 0 Å². The van der Waals surface area contributed by atoms with Crippen LogP contribution in [-0.2, 0) is 0 Å². The summed E-state index contributed by atoms with van der Waals surface area (Å²) in [6.45, 7) is 5.72. The Kier molecular flexibility index (Phi) is 3.72. The zero-order valence-electron chi connectivity index (χ0n) is 10.0. The first-order valence-electron chi connectivity index (χ1n) is 5.93. The molecule has 1 fully saturated rings. The third kappa shape index (κ3) is 2.50. The number of hydrogen-bond donors (Lipinski definition) is 0. The van der Waals surface area contributed by atoms with Crippen LogP contribution in [0.1, 0.15) is 31.4 Å². The van der Waals surface area contributed by atoms with Crippen molar-refractivity contribution >= 4 is 0 Å². The first-order valence-corrected chi connectivity index (χ1v) is 5.93. The highest BCUT2D eigenvalue weighted by Gasteiger charge is 2.20. The summed E-state index contributed by atoms with van der Waals surface area (Å²) in [5.74, 6) is 1.16. The van der Waals surface area contributed by atoms with Crippen molar-refractivity contribution in [3.63, 3.8) is 0 Å². The van der Waals surface area contributed by atoms with Crippen molar-refractivity contribution in [2.45, 2.75) is 25.7 Å². The van der Waals surface area contributed by atoms with E-state index in [1.54, 1.807) is 7.11 Å². The van der Waals surface area contributed by atoms with Gasteiger partial charge in [-0.3, -0.25) is 0 Å². The second-order valence-corrected chi connectivity index (χ2v) is 4.21. The fourth-order valence-electron chi connectivity index (χ4n) is 2.20.